The molecule has 2 rings (SSSR count). The van der Waals surface area contributed by atoms with Crippen LogP contribution in [0, 0.1) is 5.41 Å². The van der Waals surface area contributed by atoms with Gasteiger partial charge in [0, 0.05) is 26.1 Å². The topological polar surface area (TPSA) is 58.1 Å². The van der Waals surface area contributed by atoms with Crippen molar-refractivity contribution in [2.45, 2.75) is 46.5 Å². The molecule has 0 spiro atoms. The molecule has 1 aliphatic heterocycles. The van der Waals surface area contributed by atoms with Crippen LogP contribution in [0.15, 0.2) is 6.20 Å². The molecular formula is C16H26N4O. The van der Waals surface area contributed by atoms with Crippen molar-refractivity contribution >= 4 is 11.6 Å². The number of carbonyl (C=O) groups is 1. The molecule has 0 atom stereocenters. The van der Waals surface area contributed by atoms with Crippen LogP contribution in [-0.2, 0) is 0 Å². The van der Waals surface area contributed by atoms with Crippen LogP contribution in [-0.4, -0.2) is 40.9 Å². The Hall–Kier alpha value is -1.65. The molecule has 0 saturated carbocycles. The van der Waals surface area contributed by atoms with Gasteiger partial charge in [0.15, 0.2) is 5.69 Å². The first-order chi connectivity index (χ1) is 9.84. The van der Waals surface area contributed by atoms with Gasteiger partial charge in [-0.2, -0.15) is 0 Å². The van der Waals surface area contributed by atoms with Crippen LogP contribution in [0.25, 0.3) is 0 Å². The van der Waals surface area contributed by atoms with E-state index in [-0.39, 0.29) is 17.2 Å². The molecule has 0 aromatic carbocycles. The molecule has 2 heterocycles. The number of nitrogens with one attached hydrogen (secondary N) is 1. The predicted octanol–water partition coefficient (Wildman–Crippen LogP) is 2.90. The van der Waals surface area contributed by atoms with Crippen LogP contribution in [0.3, 0.4) is 0 Å². The number of carbonyl (C=O) groups excluding carboxylic acids is 1. The van der Waals surface area contributed by atoms with Crippen LogP contribution in [0.4, 0.5) is 5.69 Å². The van der Waals surface area contributed by atoms with Gasteiger partial charge in [0.05, 0.1) is 11.9 Å². The van der Waals surface area contributed by atoms with E-state index in [9.17, 15) is 4.79 Å². The first-order valence-corrected chi connectivity index (χ1v) is 7.68. The van der Waals surface area contributed by atoms with Gasteiger partial charge in [0.25, 0.3) is 5.91 Å². The summed E-state index contributed by atoms with van der Waals surface area (Å²) in [6.07, 6.45) is 3.93. The van der Waals surface area contributed by atoms with Crippen molar-refractivity contribution in [2.24, 2.45) is 5.41 Å². The average molecular weight is 290 g/mol. The van der Waals surface area contributed by atoms with Crippen molar-refractivity contribution in [3.63, 3.8) is 0 Å². The number of anilines is 1. The van der Waals surface area contributed by atoms with Crippen LogP contribution < -0.4 is 5.32 Å². The van der Waals surface area contributed by atoms with Crippen molar-refractivity contribution in [1.29, 1.82) is 0 Å². The third-order valence-corrected chi connectivity index (χ3v) is 3.98. The van der Waals surface area contributed by atoms with E-state index in [2.05, 4.69) is 29.1 Å². The normalized spacial score (nSPS) is 17.9. The molecule has 5 nitrogen and oxygen atoms in total. The molecule has 1 aliphatic rings. The van der Waals surface area contributed by atoms with Crippen LogP contribution >= 0.6 is 0 Å². The van der Waals surface area contributed by atoms with E-state index in [0.717, 1.165) is 25.9 Å². The van der Waals surface area contributed by atoms with Crippen molar-refractivity contribution in [1.82, 2.24) is 14.9 Å². The van der Waals surface area contributed by atoms with Crippen LogP contribution in [0.1, 0.15) is 62.8 Å². The fourth-order valence-corrected chi connectivity index (χ4v) is 2.77. The molecule has 0 bridgehead atoms. The zero-order chi connectivity index (χ0) is 15.6. The summed E-state index contributed by atoms with van der Waals surface area (Å²) in [6, 6.07) is 0. The summed E-state index contributed by atoms with van der Waals surface area (Å²) in [4.78, 5) is 23.6. The van der Waals surface area contributed by atoms with Gasteiger partial charge in [-0.15, -0.1) is 0 Å². The molecule has 1 fully saturated rings. The highest BCUT2D eigenvalue weighted by atomic mass is 16.2. The van der Waals surface area contributed by atoms with Crippen molar-refractivity contribution < 1.29 is 4.79 Å². The Morgan fingerprint density at radius 1 is 1.43 bits per heavy atom. The largest absolute Gasteiger partial charge is 0.385 e. The van der Waals surface area contributed by atoms with Gasteiger partial charge in [0.1, 0.15) is 5.82 Å². The minimum absolute atomic E-state index is 0.0106. The Labute approximate surface area is 127 Å². The maximum absolute atomic E-state index is 12.8. The average Bonchev–Trinajstić information content (AvgIpc) is 2.44. The lowest BCUT2D eigenvalue weighted by Crippen LogP contribution is -2.44. The Morgan fingerprint density at radius 2 is 2.14 bits per heavy atom. The Bertz CT molecular complexity index is 525. The van der Waals surface area contributed by atoms with E-state index in [0.29, 0.717) is 17.2 Å². The molecule has 0 aliphatic carbocycles. The van der Waals surface area contributed by atoms with E-state index < -0.39 is 0 Å². The van der Waals surface area contributed by atoms with Gasteiger partial charge in [-0.3, -0.25) is 4.79 Å². The standard InChI is InChI=1S/C16H26N4O/c1-11(2)14-18-9-12(17-5)13(19-14)15(21)20-8-6-7-16(3,4)10-20/h9,11,17H,6-8,10H2,1-5H3. The number of amides is 1. The highest BCUT2D eigenvalue weighted by Crippen LogP contribution is 2.30. The second-order valence-electron chi connectivity index (χ2n) is 6.89. The lowest BCUT2D eigenvalue weighted by Gasteiger charge is -2.38. The van der Waals surface area contributed by atoms with Gasteiger partial charge in [0.2, 0.25) is 0 Å². The lowest BCUT2D eigenvalue weighted by atomic mass is 9.84. The van der Waals surface area contributed by atoms with Gasteiger partial charge in [-0.05, 0) is 18.3 Å². The zero-order valence-corrected chi connectivity index (χ0v) is 13.7. The van der Waals surface area contributed by atoms with Crippen molar-refractivity contribution in [3.8, 4) is 0 Å². The summed E-state index contributed by atoms with van der Waals surface area (Å²) in [5.74, 6) is 0.935. The van der Waals surface area contributed by atoms with E-state index >= 15 is 0 Å². The molecule has 116 valence electrons. The first kappa shape index (κ1) is 15.7. The maximum atomic E-state index is 12.8. The number of rotatable bonds is 3. The Morgan fingerprint density at radius 3 is 2.71 bits per heavy atom. The quantitative estimate of drug-likeness (QED) is 0.930. The SMILES string of the molecule is CNc1cnc(C(C)C)nc1C(=O)N1CCCC(C)(C)C1. The summed E-state index contributed by atoms with van der Waals surface area (Å²) >= 11 is 0. The monoisotopic (exact) mass is 290 g/mol. The van der Waals surface area contributed by atoms with Crippen molar-refractivity contribution in [2.75, 3.05) is 25.5 Å². The van der Waals surface area contributed by atoms with Crippen molar-refractivity contribution in [3.05, 3.63) is 17.7 Å². The molecular weight excluding hydrogens is 264 g/mol. The van der Waals surface area contributed by atoms with Gasteiger partial charge >= 0.3 is 0 Å². The van der Waals surface area contributed by atoms with E-state index in [1.807, 2.05) is 18.7 Å². The number of aromatic nitrogens is 2. The number of hydrogen-bond donors (Lipinski definition) is 1. The van der Waals surface area contributed by atoms with E-state index in [1.54, 1.807) is 13.2 Å². The number of piperidine rings is 1. The zero-order valence-electron chi connectivity index (χ0n) is 13.7. The molecule has 1 amide bonds. The Kier molecular flexibility index (Phi) is 4.49. The third-order valence-electron chi connectivity index (χ3n) is 3.98. The molecule has 21 heavy (non-hydrogen) atoms. The first-order valence-electron chi connectivity index (χ1n) is 7.68. The molecule has 1 aromatic heterocycles. The van der Waals surface area contributed by atoms with Gasteiger partial charge < -0.3 is 10.2 Å². The minimum atomic E-state index is 0.0106. The second kappa shape index (κ2) is 6.00. The highest BCUT2D eigenvalue weighted by Gasteiger charge is 2.31. The van der Waals surface area contributed by atoms with Gasteiger partial charge in [-0.1, -0.05) is 27.7 Å². The lowest BCUT2D eigenvalue weighted by molar-refractivity contribution is 0.0578. The van der Waals surface area contributed by atoms with Gasteiger partial charge in [-0.25, -0.2) is 9.97 Å². The summed E-state index contributed by atoms with van der Waals surface area (Å²) in [7, 11) is 1.80. The minimum Gasteiger partial charge on any atom is -0.385 e. The number of likely N-dealkylation sites (tertiary alicyclic amines) is 1. The fourth-order valence-electron chi connectivity index (χ4n) is 2.77. The molecule has 1 aromatic rings. The smallest absolute Gasteiger partial charge is 0.274 e. The second-order valence-corrected chi connectivity index (χ2v) is 6.89. The third kappa shape index (κ3) is 3.52. The predicted molar refractivity (Wildman–Crippen MR) is 84.6 cm³/mol. The van der Waals surface area contributed by atoms with E-state index in [4.69, 9.17) is 0 Å². The summed E-state index contributed by atoms with van der Waals surface area (Å²) in [5.41, 5.74) is 1.38. The fraction of sp³-hybridized carbons (Fsp3) is 0.688. The molecule has 0 unspecified atom stereocenters. The van der Waals surface area contributed by atoms with Crippen LogP contribution in [0.5, 0.6) is 0 Å². The molecule has 0 radical (unpaired) electrons. The Balaban J connectivity index is 2.31. The summed E-state index contributed by atoms with van der Waals surface area (Å²) < 4.78 is 0. The van der Waals surface area contributed by atoms with Crippen LogP contribution in [0.2, 0.25) is 0 Å². The summed E-state index contributed by atoms with van der Waals surface area (Å²) in [5, 5.41) is 3.03. The number of hydrogen-bond acceptors (Lipinski definition) is 4. The summed E-state index contributed by atoms with van der Waals surface area (Å²) in [6.45, 7) is 10.1. The highest BCUT2D eigenvalue weighted by molar-refractivity contribution is 5.97. The molecule has 1 saturated heterocycles. The van der Waals surface area contributed by atoms with E-state index in [1.165, 1.54) is 0 Å². The molecule has 1 N–H and O–H groups in total. The number of nitrogens with zero attached hydrogens (tertiary/aromatic N) is 3. The molecule has 5 heteroatoms. The maximum Gasteiger partial charge on any atom is 0.274 e.